The lowest BCUT2D eigenvalue weighted by Crippen LogP contribution is -2.57. The number of anilines is 1. The summed E-state index contributed by atoms with van der Waals surface area (Å²) in [6.07, 6.45) is 10.6. The van der Waals surface area contributed by atoms with E-state index in [9.17, 15) is 8.42 Å². The third-order valence-corrected chi connectivity index (χ3v) is 8.67. The Morgan fingerprint density at radius 3 is 2.71 bits per heavy atom. The highest BCUT2D eigenvalue weighted by atomic mass is 32.2. The van der Waals surface area contributed by atoms with E-state index >= 15 is 0 Å². The Bertz CT molecular complexity index is 875. The molecule has 2 heterocycles. The minimum absolute atomic E-state index is 0.0781. The van der Waals surface area contributed by atoms with E-state index in [1.165, 1.54) is 24.0 Å². The van der Waals surface area contributed by atoms with Crippen molar-refractivity contribution in [2.75, 3.05) is 4.31 Å². The van der Waals surface area contributed by atoms with Crippen LogP contribution in [0.3, 0.4) is 0 Å². The van der Waals surface area contributed by atoms with E-state index in [-0.39, 0.29) is 17.4 Å². The third kappa shape index (κ3) is 1.70. The minimum Gasteiger partial charge on any atom is -0.262 e. The zero-order valence-corrected chi connectivity index (χ0v) is 14.8. The van der Waals surface area contributed by atoms with Gasteiger partial charge in [-0.05, 0) is 44.2 Å². The Balaban J connectivity index is 1.77. The van der Waals surface area contributed by atoms with E-state index in [0.717, 1.165) is 31.4 Å². The highest BCUT2D eigenvalue weighted by Gasteiger charge is 2.60. The van der Waals surface area contributed by atoms with Crippen LogP contribution in [0.25, 0.3) is 0 Å². The molecule has 1 aromatic carbocycles. The monoisotopic (exact) mass is 341 g/mol. The van der Waals surface area contributed by atoms with Crippen LogP contribution in [-0.2, 0) is 16.4 Å². The lowest BCUT2D eigenvalue weighted by molar-refractivity contribution is 0.179. The molecule has 2 fully saturated rings. The van der Waals surface area contributed by atoms with E-state index in [0.29, 0.717) is 4.91 Å². The summed E-state index contributed by atoms with van der Waals surface area (Å²) in [4.78, 5) is 0.669. The standard InChI is InChI=1S/C20H23NO2S/c1-14-8-9-18-16(12-14)20(10-4-5-11-20)19-13-15-6-2-3-7-17(15)21(19)24(18,22)23/h2-3,6-7,9,12,16,19H,4-5,8,10-11,13H2,1H3/t16-,19-/m1/s1. The number of rotatable bonds is 0. The van der Waals surface area contributed by atoms with Crippen LogP contribution in [0.1, 0.15) is 44.6 Å². The van der Waals surface area contributed by atoms with E-state index < -0.39 is 10.0 Å². The molecule has 1 saturated carbocycles. The maximum Gasteiger partial charge on any atom is 0.261 e. The first-order chi connectivity index (χ1) is 11.5. The Labute approximate surface area is 144 Å². The smallest absolute Gasteiger partial charge is 0.261 e. The lowest BCUT2D eigenvalue weighted by atomic mass is 9.65. The van der Waals surface area contributed by atoms with Gasteiger partial charge >= 0.3 is 0 Å². The van der Waals surface area contributed by atoms with Crippen LogP contribution < -0.4 is 4.31 Å². The van der Waals surface area contributed by atoms with Gasteiger partial charge in [0.25, 0.3) is 10.0 Å². The van der Waals surface area contributed by atoms with Crippen LogP contribution in [0.15, 0.2) is 46.9 Å². The molecule has 2 atom stereocenters. The third-order valence-electron chi connectivity index (χ3n) is 6.68. The molecule has 0 unspecified atom stereocenters. The molecular weight excluding hydrogens is 318 g/mol. The number of sulfonamides is 1. The predicted octanol–water partition coefficient (Wildman–Crippen LogP) is 4.17. The number of hydrogen-bond acceptors (Lipinski definition) is 2. The van der Waals surface area contributed by atoms with Gasteiger partial charge in [-0.3, -0.25) is 4.31 Å². The second kappa shape index (κ2) is 4.75. The number of para-hydroxylation sites is 1. The largest absolute Gasteiger partial charge is 0.262 e. The Kier molecular flexibility index (Phi) is 2.92. The highest BCUT2D eigenvalue weighted by molar-refractivity contribution is 7.96. The number of nitrogens with zero attached hydrogens (tertiary/aromatic N) is 1. The van der Waals surface area contributed by atoms with Crippen LogP contribution in [0.2, 0.25) is 0 Å². The molecule has 0 radical (unpaired) electrons. The van der Waals surface area contributed by atoms with Gasteiger partial charge in [0.1, 0.15) is 0 Å². The summed E-state index contributed by atoms with van der Waals surface area (Å²) < 4.78 is 28.7. The quantitative estimate of drug-likeness (QED) is 0.664. The molecule has 0 N–H and O–H groups in total. The number of hydrogen-bond donors (Lipinski definition) is 0. The fraction of sp³-hybridized carbons (Fsp3) is 0.500. The van der Waals surface area contributed by atoms with Crippen molar-refractivity contribution in [1.82, 2.24) is 0 Å². The van der Waals surface area contributed by atoms with Crippen molar-refractivity contribution >= 4 is 15.7 Å². The van der Waals surface area contributed by atoms with Gasteiger partial charge in [0.15, 0.2) is 0 Å². The zero-order chi connectivity index (χ0) is 16.5. The van der Waals surface area contributed by atoms with Gasteiger partial charge in [-0.1, -0.05) is 48.8 Å². The number of fused-ring (bicyclic) bond motifs is 6. The fourth-order valence-electron chi connectivity index (χ4n) is 5.63. The number of allylic oxidation sites excluding steroid dienone is 4. The Morgan fingerprint density at radius 1 is 1.17 bits per heavy atom. The van der Waals surface area contributed by atoms with Crippen LogP contribution in [0.5, 0.6) is 0 Å². The summed E-state index contributed by atoms with van der Waals surface area (Å²) >= 11 is 0. The molecule has 24 heavy (non-hydrogen) atoms. The van der Waals surface area contributed by atoms with Crippen molar-refractivity contribution in [2.45, 2.75) is 51.5 Å². The first-order valence-corrected chi connectivity index (χ1v) is 10.5. The van der Waals surface area contributed by atoms with Gasteiger partial charge in [-0.25, -0.2) is 8.42 Å². The van der Waals surface area contributed by atoms with Gasteiger partial charge in [-0.15, -0.1) is 0 Å². The number of benzene rings is 1. The topological polar surface area (TPSA) is 37.4 Å². The predicted molar refractivity (Wildman–Crippen MR) is 96.2 cm³/mol. The fourth-order valence-corrected chi connectivity index (χ4v) is 7.83. The highest BCUT2D eigenvalue weighted by Crippen LogP contribution is 2.61. The molecule has 0 aromatic heterocycles. The average molecular weight is 341 g/mol. The molecular formula is C20H23NO2S. The van der Waals surface area contributed by atoms with Crippen LogP contribution in [0, 0.1) is 11.3 Å². The molecule has 5 rings (SSSR count). The summed E-state index contributed by atoms with van der Waals surface area (Å²) in [5.41, 5.74) is 3.50. The molecule has 4 aliphatic rings. The molecule has 1 aromatic rings. The van der Waals surface area contributed by atoms with Crippen LogP contribution in [-0.4, -0.2) is 14.5 Å². The molecule has 4 heteroatoms. The van der Waals surface area contributed by atoms with Crippen molar-refractivity contribution in [3.63, 3.8) is 0 Å². The molecule has 2 aliphatic heterocycles. The minimum atomic E-state index is -3.41. The SMILES string of the molecule is CC1=C[C@@H]2C(=CC1)S(=O)(=O)N1c3ccccc3C[C@@H]1C21CCCC1. The molecule has 3 nitrogen and oxygen atoms in total. The van der Waals surface area contributed by atoms with Gasteiger partial charge in [-0.2, -0.15) is 0 Å². The first kappa shape index (κ1) is 14.8. The summed E-state index contributed by atoms with van der Waals surface area (Å²) in [6.45, 7) is 2.14. The first-order valence-electron chi connectivity index (χ1n) is 9.04. The lowest BCUT2D eigenvalue weighted by Gasteiger charge is -2.51. The van der Waals surface area contributed by atoms with Crippen LogP contribution >= 0.6 is 0 Å². The molecule has 0 amide bonds. The van der Waals surface area contributed by atoms with E-state index in [4.69, 9.17) is 0 Å². The Morgan fingerprint density at radius 2 is 1.92 bits per heavy atom. The second-order valence-corrected chi connectivity index (χ2v) is 9.71. The van der Waals surface area contributed by atoms with Gasteiger partial charge in [0.05, 0.1) is 16.6 Å². The van der Waals surface area contributed by atoms with Gasteiger partial charge in [0.2, 0.25) is 0 Å². The summed E-state index contributed by atoms with van der Waals surface area (Å²) in [6, 6.07) is 8.17. The van der Waals surface area contributed by atoms with E-state index in [2.05, 4.69) is 19.1 Å². The second-order valence-electron chi connectivity index (χ2n) is 7.89. The van der Waals surface area contributed by atoms with E-state index in [1.54, 1.807) is 4.31 Å². The normalized spacial score (nSPS) is 32.0. The van der Waals surface area contributed by atoms with Crippen molar-refractivity contribution in [3.05, 3.63) is 52.5 Å². The molecule has 0 bridgehead atoms. The van der Waals surface area contributed by atoms with Crippen molar-refractivity contribution < 1.29 is 8.42 Å². The molecule has 1 spiro atoms. The van der Waals surface area contributed by atoms with E-state index in [1.807, 2.05) is 24.3 Å². The zero-order valence-electron chi connectivity index (χ0n) is 14.0. The maximum atomic E-state index is 13.5. The van der Waals surface area contributed by atoms with Gasteiger partial charge in [0, 0.05) is 11.3 Å². The van der Waals surface area contributed by atoms with Crippen molar-refractivity contribution in [1.29, 1.82) is 0 Å². The molecule has 2 aliphatic carbocycles. The molecule has 1 saturated heterocycles. The molecule has 126 valence electrons. The van der Waals surface area contributed by atoms with Gasteiger partial charge < -0.3 is 0 Å². The summed E-state index contributed by atoms with van der Waals surface area (Å²) in [5.74, 6) is 0.0781. The summed E-state index contributed by atoms with van der Waals surface area (Å²) in [7, 11) is -3.41. The summed E-state index contributed by atoms with van der Waals surface area (Å²) in [5, 5.41) is 0. The van der Waals surface area contributed by atoms with Crippen molar-refractivity contribution in [2.24, 2.45) is 11.3 Å². The van der Waals surface area contributed by atoms with Crippen molar-refractivity contribution in [3.8, 4) is 0 Å². The Hall–Kier alpha value is -1.55. The maximum absolute atomic E-state index is 13.5. The average Bonchev–Trinajstić information content (AvgIpc) is 3.19. The van der Waals surface area contributed by atoms with Crippen LogP contribution in [0.4, 0.5) is 5.69 Å².